The summed E-state index contributed by atoms with van der Waals surface area (Å²) in [6.07, 6.45) is 1.16. The molecule has 0 atom stereocenters. The van der Waals surface area contributed by atoms with E-state index in [2.05, 4.69) is 20.1 Å². The lowest BCUT2D eigenvalue weighted by Gasteiger charge is -1.94. The van der Waals surface area contributed by atoms with Gasteiger partial charge in [-0.1, -0.05) is 4.49 Å². The predicted molar refractivity (Wildman–Crippen MR) is 65.1 cm³/mol. The van der Waals surface area contributed by atoms with Crippen LogP contribution in [0.15, 0.2) is 21.7 Å². The highest BCUT2D eigenvalue weighted by Gasteiger charge is 2.12. The average Bonchev–Trinajstić information content (AvgIpc) is 2.97. The van der Waals surface area contributed by atoms with Crippen molar-refractivity contribution < 1.29 is 14.1 Å². The minimum atomic E-state index is -0.664. The van der Waals surface area contributed by atoms with Crippen LogP contribution in [0.4, 0.5) is 5.88 Å². The maximum Gasteiger partial charge on any atom is 0.433 e. The minimum Gasteiger partial charge on any atom is -0.400 e. The highest BCUT2D eigenvalue weighted by atomic mass is 32.1. The van der Waals surface area contributed by atoms with Gasteiger partial charge in [-0.3, -0.25) is 14.9 Å². The number of carbonyl (C=O) groups excluding carboxylic acids is 1. The summed E-state index contributed by atoms with van der Waals surface area (Å²) in [4.78, 5) is 21.7. The van der Waals surface area contributed by atoms with E-state index < -0.39 is 16.7 Å². The number of rotatable bonds is 4. The molecule has 0 spiro atoms. The normalized spacial score (nSPS) is 10.8. The van der Waals surface area contributed by atoms with E-state index >= 15 is 0 Å². The van der Waals surface area contributed by atoms with E-state index in [1.165, 1.54) is 12.1 Å². The minimum absolute atomic E-state index is 0.158. The van der Waals surface area contributed by atoms with Crippen LogP contribution in [-0.4, -0.2) is 26.6 Å². The Bertz CT molecular complexity index is 647. The number of hydrazone groups is 1. The van der Waals surface area contributed by atoms with Crippen LogP contribution < -0.4 is 5.43 Å². The largest absolute Gasteiger partial charge is 0.433 e. The van der Waals surface area contributed by atoms with E-state index in [-0.39, 0.29) is 5.76 Å². The highest BCUT2D eigenvalue weighted by molar-refractivity contribution is 7.07. The van der Waals surface area contributed by atoms with Gasteiger partial charge in [-0.2, -0.15) is 5.10 Å². The van der Waals surface area contributed by atoms with Gasteiger partial charge < -0.3 is 4.42 Å². The third-order valence-electron chi connectivity index (χ3n) is 2.01. The topological polar surface area (TPSA) is 124 Å². The van der Waals surface area contributed by atoms with Gasteiger partial charge in [0.2, 0.25) is 0 Å². The van der Waals surface area contributed by atoms with Crippen LogP contribution in [0.25, 0.3) is 0 Å². The van der Waals surface area contributed by atoms with E-state index in [4.69, 9.17) is 4.42 Å². The van der Waals surface area contributed by atoms with Crippen molar-refractivity contribution in [2.75, 3.05) is 0 Å². The summed E-state index contributed by atoms with van der Waals surface area (Å²) in [5, 5.41) is 17.7. The molecule has 0 aliphatic rings. The molecule has 0 fully saturated rings. The molecule has 1 amide bonds. The third kappa shape index (κ3) is 2.98. The third-order valence-corrected chi connectivity index (χ3v) is 2.83. The second-order valence-corrected chi connectivity index (χ2v) is 4.07. The summed E-state index contributed by atoms with van der Waals surface area (Å²) in [6, 6.07) is 2.56. The number of hydrogen-bond acceptors (Lipinski definition) is 8. The average molecular weight is 281 g/mol. The van der Waals surface area contributed by atoms with E-state index in [0.717, 1.165) is 17.7 Å². The molecule has 0 aliphatic carbocycles. The Balaban J connectivity index is 1.98. The Morgan fingerprint density at radius 2 is 2.42 bits per heavy atom. The van der Waals surface area contributed by atoms with Gasteiger partial charge in [0.1, 0.15) is 9.80 Å². The number of nitro groups is 1. The van der Waals surface area contributed by atoms with Gasteiger partial charge in [-0.25, -0.2) is 5.43 Å². The van der Waals surface area contributed by atoms with Crippen LogP contribution in [0.1, 0.15) is 21.1 Å². The van der Waals surface area contributed by atoms with Crippen molar-refractivity contribution >= 4 is 29.5 Å². The Hall–Kier alpha value is -2.62. The standard InChI is InChI=1S/C9H7N5O4S/c1-5-8(19-13-11-5)9(15)12-10-4-6-2-3-7(18-6)14(16)17/h2-4H,1H3,(H,12,15)/b10-4+. The fourth-order valence-electron chi connectivity index (χ4n) is 1.15. The number of aromatic nitrogens is 2. The van der Waals surface area contributed by atoms with Crippen LogP contribution in [0.2, 0.25) is 0 Å². The van der Waals surface area contributed by atoms with Crippen molar-refractivity contribution in [1.29, 1.82) is 0 Å². The first kappa shape index (κ1) is 12.8. The molecule has 0 aliphatic heterocycles. The first-order valence-electron chi connectivity index (χ1n) is 4.94. The van der Waals surface area contributed by atoms with Gasteiger partial charge >= 0.3 is 5.88 Å². The van der Waals surface area contributed by atoms with Gasteiger partial charge in [0.05, 0.1) is 18.0 Å². The van der Waals surface area contributed by atoms with Crippen LogP contribution in [0.5, 0.6) is 0 Å². The molecule has 2 rings (SSSR count). The number of amides is 1. The van der Waals surface area contributed by atoms with Gasteiger partial charge in [-0.15, -0.1) is 5.10 Å². The van der Waals surface area contributed by atoms with Crippen LogP contribution in [0, 0.1) is 17.0 Å². The van der Waals surface area contributed by atoms with Crippen LogP contribution in [0.3, 0.4) is 0 Å². The first-order chi connectivity index (χ1) is 9.08. The molecule has 0 aromatic carbocycles. The van der Waals surface area contributed by atoms with Crippen LogP contribution >= 0.6 is 11.5 Å². The van der Waals surface area contributed by atoms with Gasteiger partial charge in [-0.05, 0) is 24.5 Å². The lowest BCUT2D eigenvalue weighted by molar-refractivity contribution is -0.402. The molecule has 98 valence electrons. The van der Waals surface area contributed by atoms with E-state index in [9.17, 15) is 14.9 Å². The molecule has 19 heavy (non-hydrogen) atoms. The molecule has 2 aromatic heterocycles. The van der Waals surface area contributed by atoms with E-state index in [1.807, 2.05) is 0 Å². The van der Waals surface area contributed by atoms with Gasteiger partial charge in [0, 0.05) is 0 Å². The fraction of sp³-hybridized carbons (Fsp3) is 0.111. The number of aryl methyl sites for hydroxylation is 1. The number of hydrogen-bond donors (Lipinski definition) is 1. The highest BCUT2D eigenvalue weighted by Crippen LogP contribution is 2.13. The summed E-state index contributed by atoms with van der Waals surface area (Å²) in [5.74, 6) is -0.689. The first-order valence-corrected chi connectivity index (χ1v) is 5.72. The van der Waals surface area contributed by atoms with Crippen molar-refractivity contribution in [3.05, 3.63) is 38.6 Å². The molecule has 0 unspecified atom stereocenters. The second kappa shape index (κ2) is 5.35. The smallest absolute Gasteiger partial charge is 0.400 e. The van der Waals surface area contributed by atoms with Crippen molar-refractivity contribution in [3.63, 3.8) is 0 Å². The van der Waals surface area contributed by atoms with Crippen LogP contribution in [-0.2, 0) is 0 Å². The lowest BCUT2D eigenvalue weighted by atomic mass is 10.4. The van der Waals surface area contributed by atoms with Crippen molar-refractivity contribution in [1.82, 2.24) is 15.0 Å². The van der Waals surface area contributed by atoms with Crippen molar-refractivity contribution in [2.45, 2.75) is 6.92 Å². The maximum atomic E-state index is 11.6. The molecule has 9 nitrogen and oxygen atoms in total. The molecule has 10 heteroatoms. The Morgan fingerprint density at radius 1 is 1.63 bits per heavy atom. The molecule has 0 radical (unpaired) electrons. The summed E-state index contributed by atoms with van der Waals surface area (Å²) >= 11 is 0.952. The summed E-state index contributed by atoms with van der Waals surface area (Å²) < 4.78 is 8.44. The molecule has 1 N–H and O–H groups in total. The molecule has 0 bridgehead atoms. The molecule has 2 heterocycles. The monoisotopic (exact) mass is 281 g/mol. The zero-order valence-corrected chi connectivity index (χ0v) is 10.4. The summed E-state index contributed by atoms with van der Waals surface area (Å²) in [6.45, 7) is 1.65. The molecule has 2 aromatic rings. The van der Waals surface area contributed by atoms with E-state index in [1.54, 1.807) is 6.92 Å². The second-order valence-electron chi connectivity index (χ2n) is 3.32. The molecular weight excluding hydrogens is 274 g/mol. The van der Waals surface area contributed by atoms with Gasteiger partial charge in [0.15, 0.2) is 5.76 Å². The summed E-state index contributed by atoms with van der Waals surface area (Å²) in [5.41, 5.74) is 2.75. The van der Waals surface area contributed by atoms with Crippen molar-refractivity contribution in [2.24, 2.45) is 5.10 Å². The number of carbonyl (C=O) groups is 1. The Labute approximate surface area is 110 Å². The zero-order chi connectivity index (χ0) is 13.8. The predicted octanol–water partition coefficient (Wildman–Crippen LogP) is 1.11. The molecule has 0 saturated carbocycles. The molecule has 0 saturated heterocycles. The Kier molecular flexibility index (Phi) is 3.61. The Morgan fingerprint density at radius 3 is 3.00 bits per heavy atom. The number of nitrogens with zero attached hydrogens (tertiary/aromatic N) is 4. The van der Waals surface area contributed by atoms with Crippen molar-refractivity contribution in [3.8, 4) is 0 Å². The van der Waals surface area contributed by atoms with E-state index in [0.29, 0.717) is 10.6 Å². The summed E-state index contributed by atoms with van der Waals surface area (Å²) in [7, 11) is 0. The fourth-order valence-corrected chi connectivity index (χ4v) is 1.70. The maximum absolute atomic E-state index is 11.6. The quantitative estimate of drug-likeness (QED) is 0.508. The lowest BCUT2D eigenvalue weighted by Crippen LogP contribution is -2.17. The SMILES string of the molecule is Cc1nnsc1C(=O)N/N=C/c1ccc([N+](=O)[O-])o1. The number of nitrogens with one attached hydrogen (secondary N) is 1. The van der Waals surface area contributed by atoms with Gasteiger partial charge in [0.25, 0.3) is 5.91 Å². The molecular formula is C9H7N5O4S. The number of furan rings is 1. The zero-order valence-electron chi connectivity index (χ0n) is 9.56.